The van der Waals surface area contributed by atoms with E-state index in [1.54, 1.807) is 0 Å². The SMILES string of the molecule is N#Cc1cc2ccccc2cc1N1CCCCC1. The minimum atomic E-state index is 0.801. The maximum atomic E-state index is 9.33. The number of anilines is 1. The van der Waals surface area contributed by atoms with Crippen LogP contribution in [0.15, 0.2) is 36.4 Å². The maximum Gasteiger partial charge on any atom is 0.101 e. The van der Waals surface area contributed by atoms with Crippen LogP contribution in [0.1, 0.15) is 24.8 Å². The highest BCUT2D eigenvalue weighted by molar-refractivity contribution is 5.88. The van der Waals surface area contributed by atoms with E-state index in [9.17, 15) is 5.26 Å². The smallest absolute Gasteiger partial charge is 0.101 e. The summed E-state index contributed by atoms with van der Waals surface area (Å²) in [6.07, 6.45) is 3.78. The molecule has 90 valence electrons. The van der Waals surface area contributed by atoms with Gasteiger partial charge in [0.25, 0.3) is 0 Å². The average Bonchev–Trinajstić information content (AvgIpc) is 2.46. The summed E-state index contributed by atoms with van der Waals surface area (Å²) in [7, 11) is 0. The molecule has 3 rings (SSSR count). The molecule has 0 atom stereocenters. The third-order valence-electron chi connectivity index (χ3n) is 3.68. The average molecular weight is 236 g/mol. The van der Waals surface area contributed by atoms with Crippen molar-refractivity contribution >= 4 is 16.5 Å². The molecule has 0 unspecified atom stereocenters. The fraction of sp³-hybridized carbons (Fsp3) is 0.312. The van der Waals surface area contributed by atoms with Crippen LogP contribution in [0.2, 0.25) is 0 Å². The topological polar surface area (TPSA) is 27.0 Å². The molecule has 0 aliphatic carbocycles. The van der Waals surface area contributed by atoms with Gasteiger partial charge in [0.15, 0.2) is 0 Å². The van der Waals surface area contributed by atoms with Crippen LogP contribution in [-0.2, 0) is 0 Å². The summed E-state index contributed by atoms with van der Waals surface area (Å²) in [5.74, 6) is 0. The van der Waals surface area contributed by atoms with E-state index in [-0.39, 0.29) is 0 Å². The van der Waals surface area contributed by atoms with E-state index >= 15 is 0 Å². The molecule has 2 heteroatoms. The summed E-state index contributed by atoms with van der Waals surface area (Å²) in [5, 5.41) is 11.7. The van der Waals surface area contributed by atoms with Crippen molar-refractivity contribution < 1.29 is 0 Å². The fourth-order valence-corrected chi connectivity index (χ4v) is 2.71. The van der Waals surface area contributed by atoms with Crippen molar-refractivity contribution in [1.82, 2.24) is 0 Å². The second-order valence-electron chi connectivity index (χ2n) is 4.88. The molecule has 1 aliphatic heterocycles. The van der Waals surface area contributed by atoms with Crippen molar-refractivity contribution in [3.05, 3.63) is 42.0 Å². The zero-order valence-corrected chi connectivity index (χ0v) is 10.4. The summed E-state index contributed by atoms with van der Waals surface area (Å²) in [4.78, 5) is 2.36. The highest BCUT2D eigenvalue weighted by atomic mass is 15.1. The Morgan fingerprint density at radius 3 is 2.28 bits per heavy atom. The largest absolute Gasteiger partial charge is 0.370 e. The Bertz CT molecular complexity index is 604. The molecule has 0 amide bonds. The molecule has 2 nitrogen and oxygen atoms in total. The fourth-order valence-electron chi connectivity index (χ4n) is 2.71. The third-order valence-corrected chi connectivity index (χ3v) is 3.68. The number of fused-ring (bicyclic) bond motifs is 1. The molecular formula is C16H16N2. The zero-order valence-electron chi connectivity index (χ0n) is 10.4. The Kier molecular flexibility index (Phi) is 2.90. The van der Waals surface area contributed by atoms with Gasteiger partial charge in [0.1, 0.15) is 6.07 Å². The van der Waals surface area contributed by atoms with E-state index in [4.69, 9.17) is 0 Å². The molecule has 0 radical (unpaired) electrons. The first-order chi connectivity index (χ1) is 8.88. The second-order valence-corrected chi connectivity index (χ2v) is 4.88. The lowest BCUT2D eigenvalue weighted by Gasteiger charge is -2.29. The predicted octanol–water partition coefficient (Wildman–Crippen LogP) is 3.70. The zero-order chi connectivity index (χ0) is 12.4. The summed E-state index contributed by atoms with van der Waals surface area (Å²) in [5.41, 5.74) is 1.91. The van der Waals surface area contributed by atoms with Gasteiger partial charge in [-0.25, -0.2) is 0 Å². The number of hydrogen-bond acceptors (Lipinski definition) is 2. The quantitative estimate of drug-likeness (QED) is 0.754. The van der Waals surface area contributed by atoms with E-state index in [0.717, 1.165) is 29.7 Å². The van der Waals surface area contributed by atoms with Gasteiger partial charge < -0.3 is 4.90 Å². The molecule has 1 aliphatic rings. The highest BCUT2D eigenvalue weighted by Gasteiger charge is 2.15. The van der Waals surface area contributed by atoms with Crippen LogP contribution in [0, 0.1) is 11.3 Å². The Hall–Kier alpha value is -2.01. The Labute approximate surface area is 107 Å². The number of benzene rings is 2. The minimum absolute atomic E-state index is 0.801. The molecule has 0 bridgehead atoms. The Balaban J connectivity index is 2.11. The lowest BCUT2D eigenvalue weighted by Crippen LogP contribution is -2.29. The third kappa shape index (κ3) is 1.93. The van der Waals surface area contributed by atoms with Gasteiger partial charge in [0, 0.05) is 13.1 Å². The van der Waals surface area contributed by atoms with Gasteiger partial charge in [-0.05, 0) is 42.2 Å². The Morgan fingerprint density at radius 1 is 0.944 bits per heavy atom. The summed E-state index contributed by atoms with van der Waals surface area (Å²) >= 11 is 0. The summed E-state index contributed by atoms with van der Waals surface area (Å²) in [6, 6.07) is 14.8. The van der Waals surface area contributed by atoms with Gasteiger partial charge >= 0.3 is 0 Å². The monoisotopic (exact) mass is 236 g/mol. The van der Waals surface area contributed by atoms with Gasteiger partial charge in [-0.2, -0.15) is 5.26 Å². The molecule has 18 heavy (non-hydrogen) atoms. The van der Waals surface area contributed by atoms with Crippen molar-refractivity contribution in [2.45, 2.75) is 19.3 Å². The van der Waals surface area contributed by atoms with E-state index < -0.39 is 0 Å². The highest BCUT2D eigenvalue weighted by Crippen LogP contribution is 2.28. The van der Waals surface area contributed by atoms with Crippen molar-refractivity contribution in [2.75, 3.05) is 18.0 Å². The van der Waals surface area contributed by atoms with Gasteiger partial charge in [-0.15, -0.1) is 0 Å². The molecule has 2 aromatic rings. The first-order valence-corrected chi connectivity index (χ1v) is 6.56. The first kappa shape index (κ1) is 11.1. The molecular weight excluding hydrogens is 220 g/mol. The lowest BCUT2D eigenvalue weighted by atomic mass is 10.0. The summed E-state index contributed by atoms with van der Waals surface area (Å²) < 4.78 is 0. The van der Waals surface area contributed by atoms with Crippen LogP contribution in [-0.4, -0.2) is 13.1 Å². The van der Waals surface area contributed by atoms with E-state index in [2.05, 4.69) is 29.2 Å². The van der Waals surface area contributed by atoms with Crippen LogP contribution in [0.3, 0.4) is 0 Å². The van der Waals surface area contributed by atoms with E-state index in [1.165, 1.54) is 24.6 Å². The Morgan fingerprint density at radius 2 is 1.61 bits per heavy atom. The molecule has 0 N–H and O–H groups in total. The van der Waals surface area contributed by atoms with E-state index in [0.29, 0.717) is 0 Å². The van der Waals surface area contributed by atoms with E-state index in [1.807, 2.05) is 18.2 Å². The van der Waals surface area contributed by atoms with Gasteiger partial charge in [0.05, 0.1) is 11.3 Å². The molecule has 2 aromatic carbocycles. The van der Waals surface area contributed by atoms with Crippen molar-refractivity contribution in [1.29, 1.82) is 5.26 Å². The van der Waals surface area contributed by atoms with Crippen LogP contribution < -0.4 is 4.90 Å². The van der Waals surface area contributed by atoms with Gasteiger partial charge in [-0.1, -0.05) is 24.3 Å². The van der Waals surface area contributed by atoms with Crippen LogP contribution >= 0.6 is 0 Å². The molecule has 1 fully saturated rings. The molecule has 0 saturated carbocycles. The molecule has 1 saturated heterocycles. The number of hydrogen-bond donors (Lipinski definition) is 0. The number of nitrogens with zero attached hydrogens (tertiary/aromatic N) is 2. The van der Waals surface area contributed by atoms with Crippen molar-refractivity contribution in [3.63, 3.8) is 0 Å². The van der Waals surface area contributed by atoms with Crippen LogP contribution in [0.5, 0.6) is 0 Å². The minimum Gasteiger partial charge on any atom is -0.370 e. The lowest BCUT2D eigenvalue weighted by molar-refractivity contribution is 0.577. The van der Waals surface area contributed by atoms with Crippen LogP contribution in [0.4, 0.5) is 5.69 Å². The number of nitriles is 1. The first-order valence-electron chi connectivity index (χ1n) is 6.56. The number of rotatable bonds is 1. The van der Waals surface area contributed by atoms with Gasteiger partial charge in [-0.3, -0.25) is 0 Å². The van der Waals surface area contributed by atoms with Crippen molar-refractivity contribution in [3.8, 4) is 6.07 Å². The van der Waals surface area contributed by atoms with Gasteiger partial charge in [0.2, 0.25) is 0 Å². The normalized spacial score (nSPS) is 15.6. The standard InChI is InChI=1S/C16H16N2/c17-12-15-10-13-6-2-3-7-14(13)11-16(15)18-8-4-1-5-9-18/h2-3,6-7,10-11H,1,4-5,8-9H2. The second kappa shape index (κ2) is 4.70. The number of piperidine rings is 1. The van der Waals surface area contributed by atoms with Crippen molar-refractivity contribution in [2.24, 2.45) is 0 Å². The molecule has 0 aromatic heterocycles. The summed E-state index contributed by atoms with van der Waals surface area (Å²) in [6.45, 7) is 2.15. The van der Waals surface area contributed by atoms with Crippen LogP contribution in [0.25, 0.3) is 10.8 Å². The maximum absolute atomic E-state index is 9.33. The predicted molar refractivity (Wildman–Crippen MR) is 74.7 cm³/mol. The molecule has 1 heterocycles. The molecule has 0 spiro atoms.